The van der Waals surface area contributed by atoms with Crippen molar-refractivity contribution in [3.05, 3.63) is 48.5 Å². The number of methoxy groups -OCH3 is 1. The molecule has 0 bridgehead atoms. The molecule has 2 heterocycles. The Labute approximate surface area is 143 Å². The summed E-state index contributed by atoms with van der Waals surface area (Å²) in [6, 6.07) is 7.95. The van der Waals surface area contributed by atoms with Crippen molar-refractivity contribution in [1.82, 2.24) is 14.5 Å². The first kappa shape index (κ1) is 16.6. The van der Waals surface area contributed by atoms with Crippen LogP contribution >= 0.6 is 0 Å². The van der Waals surface area contributed by atoms with Crippen LogP contribution in [0.2, 0.25) is 0 Å². The second-order valence-electron chi connectivity index (χ2n) is 6.43. The lowest BCUT2D eigenvalue weighted by Crippen LogP contribution is -2.39. The zero-order valence-corrected chi connectivity index (χ0v) is 14.2. The van der Waals surface area contributed by atoms with Crippen LogP contribution in [0.5, 0.6) is 5.75 Å². The van der Waals surface area contributed by atoms with Crippen molar-refractivity contribution in [2.24, 2.45) is 5.92 Å². The van der Waals surface area contributed by atoms with Gasteiger partial charge in [0.15, 0.2) is 0 Å². The largest absolute Gasteiger partial charge is 0.497 e. The number of hydrogen-bond donors (Lipinski definition) is 0. The molecule has 1 aliphatic rings. The monoisotopic (exact) mass is 327 g/mol. The summed E-state index contributed by atoms with van der Waals surface area (Å²) in [6.07, 6.45) is 9.21. The molecule has 2 aromatic rings. The van der Waals surface area contributed by atoms with E-state index in [0.29, 0.717) is 12.3 Å². The maximum atomic E-state index is 12.4. The number of amides is 1. The Morgan fingerprint density at radius 1 is 1.25 bits per heavy atom. The van der Waals surface area contributed by atoms with Gasteiger partial charge in [-0.1, -0.05) is 12.1 Å². The fraction of sp³-hybridized carbons (Fsp3) is 0.474. The van der Waals surface area contributed by atoms with Gasteiger partial charge in [0.05, 0.1) is 13.4 Å². The van der Waals surface area contributed by atoms with Crippen molar-refractivity contribution in [2.45, 2.75) is 32.2 Å². The molecule has 0 saturated carbocycles. The summed E-state index contributed by atoms with van der Waals surface area (Å²) in [5.41, 5.74) is 1.18. The molecule has 1 saturated heterocycles. The number of carbonyl (C=O) groups is 1. The molecule has 1 aromatic carbocycles. The van der Waals surface area contributed by atoms with Gasteiger partial charge in [0.2, 0.25) is 5.91 Å². The zero-order chi connectivity index (χ0) is 16.8. The molecule has 1 fully saturated rings. The molecule has 0 unspecified atom stereocenters. The lowest BCUT2D eigenvalue weighted by atomic mass is 9.96. The molecule has 0 aliphatic carbocycles. The van der Waals surface area contributed by atoms with Crippen LogP contribution in [-0.2, 0) is 17.8 Å². The third kappa shape index (κ3) is 4.37. The zero-order valence-electron chi connectivity index (χ0n) is 14.2. The molecule has 0 N–H and O–H groups in total. The van der Waals surface area contributed by atoms with Gasteiger partial charge >= 0.3 is 0 Å². The van der Waals surface area contributed by atoms with Crippen molar-refractivity contribution in [1.29, 1.82) is 0 Å². The number of likely N-dealkylation sites (tertiary alicyclic amines) is 1. The number of rotatable bonds is 6. The first-order valence-electron chi connectivity index (χ1n) is 8.61. The van der Waals surface area contributed by atoms with Gasteiger partial charge in [-0.25, -0.2) is 4.98 Å². The molecule has 24 heavy (non-hydrogen) atoms. The van der Waals surface area contributed by atoms with Crippen molar-refractivity contribution in [2.75, 3.05) is 20.2 Å². The van der Waals surface area contributed by atoms with E-state index in [0.717, 1.165) is 44.6 Å². The molecule has 128 valence electrons. The first-order chi connectivity index (χ1) is 11.7. The highest BCUT2D eigenvalue weighted by Crippen LogP contribution is 2.20. The molecular weight excluding hydrogens is 302 g/mol. The summed E-state index contributed by atoms with van der Waals surface area (Å²) in [4.78, 5) is 18.5. The van der Waals surface area contributed by atoms with Crippen LogP contribution < -0.4 is 4.74 Å². The van der Waals surface area contributed by atoms with E-state index in [1.54, 1.807) is 7.11 Å². The first-order valence-corrected chi connectivity index (χ1v) is 8.61. The van der Waals surface area contributed by atoms with E-state index in [2.05, 4.69) is 9.55 Å². The van der Waals surface area contributed by atoms with Gasteiger partial charge in [0.25, 0.3) is 0 Å². The summed E-state index contributed by atoms with van der Waals surface area (Å²) < 4.78 is 7.29. The standard InChI is InChI=1S/C19H25N3O2/c1-24-18-5-2-16(3-6-18)4-7-19(23)22-11-8-17(9-12-22)14-21-13-10-20-15-21/h2-3,5-6,10,13,15,17H,4,7-9,11-12,14H2,1H3. The molecule has 0 atom stereocenters. The lowest BCUT2D eigenvalue weighted by Gasteiger charge is -2.32. The lowest BCUT2D eigenvalue weighted by molar-refractivity contribution is -0.132. The number of hydrogen-bond acceptors (Lipinski definition) is 3. The number of nitrogens with zero attached hydrogens (tertiary/aromatic N) is 3. The molecule has 1 aromatic heterocycles. The number of piperidine rings is 1. The summed E-state index contributed by atoms with van der Waals surface area (Å²) in [7, 11) is 1.66. The predicted octanol–water partition coefficient (Wildman–Crippen LogP) is 2.76. The molecule has 1 aliphatic heterocycles. The van der Waals surface area contributed by atoms with Gasteiger partial charge < -0.3 is 14.2 Å². The highest BCUT2D eigenvalue weighted by atomic mass is 16.5. The van der Waals surface area contributed by atoms with E-state index in [1.807, 2.05) is 47.9 Å². The third-order valence-electron chi connectivity index (χ3n) is 4.78. The molecule has 0 radical (unpaired) electrons. The van der Waals surface area contributed by atoms with Gasteiger partial charge in [0.1, 0.15) is 5.75 Å². The van der Waals surface area contributed by atoms with Gasteiger partial charge in [-0.15, -0.1) is 0 Å². The predicted molar refractivity (Wildman–Crippen MR) is 92.8 cm³/mol. The molecule has 0 spiro atoms. The van der Waals surface area contributed by atoms with E-state index >= 15 is 0 Å². The molecule has 5 heteroatoms. The minimum atomic E-state index is 0.270. The van der Waals surface area contributed by atoms with Gasteiger partial charge in [-0.2, -0.15) is 0 Å². The number of aromatic nitrogens is 2. The summed E-state index contributed by atoms with van der Waals surface area (Å²) in [5.74, 6) is 1.77. The smallest absolute Gasteiger partial charge is 0.222 e. The van der Waals surface area contributed by atoms with E-state index in [9.17, 15) is 4.79 Å². The van der Waals surface area contributed by atoms with Crippen LogP contribution in [0.3, 0.4) is 0 Å². The van der Waals surface area contributed by atoms with Crippen molar-refractivity contribution in [3.8, 4) is 5.75 Å². The highest BCUT2D eigenvalue weighted by Gasteiger charge is 2.22. The van der Waals surface area contributed by atoms with Crippen LogP contribution in [0.1, 0.15) is 24.8 Å². The Balaban J connectivity index is 1.41. The summed E-state index contributed by atoms with van der Waals surface area (Å²) >= 11 is 0. The Bertz CT molecular complexity index is 629. The second kappa shape index (κ2) is 7.99. The van der Waals surface area contributed by atoms with Gasteiger partial charge in [-0.3, -0.25) is 4.79 Å². The summed E-state index contributed by atoms with van der Waals surface area (Å²) in [6.45, 7) is 2.76. The van der Waals surface area contributed by atoms with Crippen LogP contribution in [0, 0.1) is 5.92 Å². The highest BCUT2D eigenvalue weighted by molar-refractivity contribution is 5.76. The third-order valence-corrected chi connectivity index (χ3v) is 4.78. The van der Waals surface area contributed by atoms with E-state index < -0.39 is 0 Å². The molecule has 3 rings (SSSR count). The van der Waals surface area contributed by atoms with E-state index in [4.69, 9.17) is 4.74 Å². The fourth-order valence-electron chi connectivity index (χ4n) is 3.26. The Hall–Kier alpha value is -2.30. The van der Waals surface area contributed by atoms with Crippen LogP contribution in [-0.4, -0.2) is 40.6 Å². The number of imidazole rings is 1. The SMILES string of the molecule is COc1ccc(CCC(=O)N2CCC(Cn3ccnc3)CC2)cc1. The number of aryl methyl sites for hydroxylation is 1. The Morgan fingerprint density at radius 3 is 2.62 bits per heavy atom. The van der Waals surface area contributed by atoms with Crippen LogP contribution in [0.15, 0.2) is 43.0 Å². The maximum absolute atomic E-state index is 12.4. The van der Waals surface area contributed by atoms with Crippen molar-refractivity contribution >= 4 is 5.91 Å². The average molecular weight is 327 g/mol. The van der Waals surface area contributed by atoms with Gasteiger partial charge in [0, 0.05) is 38.4 Å². The van der Waals surface area contributed by atoms with Gasteiger partial charge in [-0.05, 0) is 42.9 Å². The second-order valence-corrected chi connectivity index (χ2v) is 6.43. The normalized spacial score (nSPS) is 15.5. The maximum Gasteiger partial charge on any atom is 0.222 e. The molecule has 5 nitrogen and oxygen atoms in total. The van der Waals surface area contributed by atoms with Crippen molar-refractivity contribution < 1.29 is 9.53 Å². The number of ether oxygens (including phenoxy) is 1. The minimum absolute atomic E-state index is 0.270. The number of carbonyl (C=O) groups excluding carboxylic acids is 1. The quantitative estimate of drug-likeness (QED) is 0.820. The topological polar surface area (TPSA) is 47.4 Å². The van der Waals surface area contributed by atoms with Crippen molar-refractivity contribution in [3.63, 3.8) is 0 Å². The fourth-order valence-corrected chi connectivity index (χ4v) is 3.26. The minimum Gasteiger partial charge on any atom is -0.497 e. The van der Waals surface area contributed by atoms with Crippen LogP contribution in [0.4, 0.5) is 0 Å². The molecule has 1 amide bonds. The van der Waals surface area contributed by atoms with E-state index in [1.165, 1.54) is 5.56 Å². The molecular formula is C19H25N3O2. The van der Waals surface area contributed by atoms with Crippen LogP contribution in [0.25, 0.3) is 0 Å². The summed E-state index contributed by atoms with van der Waals surface area (Å²) in [5, 5.41) is 0. The Morgan fingerprint density at radius 2 is 2.00 bits per heavy atom. The Kier molecular flexibility index (Phi) is 5.51. The number of benzene rings is 1. The average Bonchev–Trinajstić information content (AvgIpc) is 3.14. The van der Waals surface area contributed by atoms with E-state index in [-0.39, 0.29) is 5.91 Å².